The fourth-order valence-corrected chi connectivity index (χ4v) is 6.27. The topological polar surface area (TPSA) is 95.3 Å². The van der Waals surface area contributed by atoms with E-state index in [2.05, 4.69) is 10.1 Å². The van der Waals surface area contributed by atoms with E-state index in [-0.39, 0.29) is 5.69 Å². The summed E-state index contributed by atoms with van der Waals surface area (Å²) in [5.74, 6) is 0. The summed E-state index contributed by atoms with van der Waals surface area (Å²) in [6.07, 6.45) is -1.72. The highest BCUT2D eigenvalue weighted by molar-refractivity contribution is 8.01. The number of halogens is 3. The lowest BCUT2D eigenvalue weighted by molar-refractivity contribution is -0.387. The van der Waals surface area contributed by atoms with Gasteiger partial charge in [0, 0.05) is 28.7 Å². The first-order valence-corrected chi connectivity index (χ1v) is 13.0. The first kappa shape index (κ1) is 26.4. The maximum atomic E-state index is 13.2. The second-order valence-electron chi connectivity index (χ2n) is 8.46. The van der Waals surface area contributed by atoms with Crippen molar-refractivity contribution < 1.29 is 18.1 Å². The lowest BCUT2D eigenvalue weighted by Crippen LogP contribution is -2.16. The van der Waals surface area contributed by atoms with Crippen LogP contribution in [-0.4, -0.2) is 25.4 Å². The molecule has 0 saturated carbocycles. The molecule has 2 aromatic carbocycles. The molecule has 0 aliphatic carbocycles. The Bertz CT molecular complexity index is 1820. The van der Waals surface area contributed by atoms with Crippen LogP contribution in [0.4, 0.5) is 18.9 Å². The van der Waals surface area contributed by atoms with Crippen LogP contribution in [0, 0.1) is 24.0 Å². The molecule has 0 amide bonds. The van der Waals surface area contributed by atoms with Crippen LogP contribution in [0.5, 0.6) is 0 Å². The molecule has 0 saturated heterocycles. The number of alkyl halides is 3. The van der Waals surface area contributed by atoms with Gasteiger partial charge in [-0.2, -0.15) is 22.9 Å². The van der Waals surface area contributed by atoms with Gasteiger partial charge in [-0.25, -0.2) is 4.98 Å². The van der Waals surface area contributed by atoms with Gasteiger partial charge in [-0.1, -0.05) is 30.0 Å². The Kier molecular flexibility index (Phi) is 6.87. The third kappa shape index (κ3) is 5.22. The number of hydrogen-bond acceptors (Lipinski definition) is 7. The zero-order valence-electron chi connectivity index (χ0n) is 20.3. The van der Waals surface area contributed by atoms with Gasteiger partial charge < -0.3 is 4.57 Å². The summed E-state index contributed by atoms with van der Waals surface area (Å²) in [5.41, 5.74) is 1.13. The number of benzene rings is 2. The summed E-state index contributed by atoms with van der Waals surface area (Å²) in [7, 11) is 0. The molecule has 0 bridgehead atoms. The third-order valence-corrected chi connectivity index (χ3v) is 8.13. The first-order chi connectivity index (χ1) is 18.5. The van der Waals surface area contributed by atoms with Crippen molar-refractivity contribution in [2.45, 2.75) is 29.1 Å². The van der Waals surface area contributed by atoms with Crippen molar-refractivity contribution in [1.29, 1.82) is 0 Å². The molecule has 0 aliphatic rings. The Morgan fingerprint density at radius 3 is 2.62 bits per heavy atom. The van der Waals surface area contributed by atoms with Crippen LogP contribution in [0.2, 0.25) is 0 Å². The molecule has 5 rings (SSSR count). The van der Waals surface area contributed by atoms with Crippen LogP contribution in [0.1, 0.15) is 22.5 Å². The highest BCUT2D eigenvalue weighted by Crippen LogP contribution is 2.39. The fourth-order valence-electron chi connectivity index (χ4n) is 4.09. The van der Waals surface area contributed by atoms with Gasteiger partial charge in [0.15, 0.2) is 0 Å². The molecule has 0 radical (unpaired) electrons. The smallest absolute Gasteiger partial charge is 0.318 e. The van der Waals surface area contributed by atoms with Crippen molar-refractivity contribution in [3.8, 4) is 5.69 Å². The number of aromatic nitrogens is 3. The summed E-state index contributed by atoms with van der Waals surface area (Å²) in [4.78, 5) is 29.2. The molecular weight excluding hydrogens is 551 g/mol. The van der Waals surface area contributed by atoms with Crippen molar-refractivity contribution in [3.63, 3.8) is 0 Å². The zero-order chi connectivity index (χ0) is 27.9. The monoisotopic (exact) mass is 569 g/mol. The standard InChI is InChI=1S/C26H18F3N5O3S2/c1-15-10-17(16(2)33(15)19-7-5-6-18(11-19)26(27,28)29)13-31-32-14-30-24-20(25(32)35)12-23(39-24)38-22-9-4-3-8-21(22)34(36)37/h3-14H,1-2H3. The van der Waals surface area contributed by atoms with Crippen molar-refractivity contribution in [1.82, 2.24) is 14.2 Å². The van der Waals surface area contributed by atoms with Crippen molar-refractivity contribution in [2.24, 2.45) is 5.10 Å². The lowest BCUT2D eigenvalue weighted by atomic mass is 10.2. The van der Waals surface area contributed by atoms with E-state index in [1.54, 1.807) is 54.8 Å². The van der Waals surface area contributed by atoms with E-state index < -0.39 is 22.2 Å². The minimum Gasteiger partial charge on any atom is -0.318 e. The molecule has 198 valence electrons. The predicted molar refractivity (Wildman–Crippen MR) is 144 cm³/mol. The molecule has 0 aliphatic heterocycles. The van der Waals surface area contributed by atoms with E-state index >= 15 is 0 Å². The highest BCUT2D eigenvalue weighted by atomic mass is 32.2. The van der Waals surface area contributed by atoms with Crippen LogP contribution < -0.4 is 5.56 Å². The molecule has 0 fully saturated rings. The van der Waals surface area contributed by atoms with E-state index in [9.17, 15) is 28.1 Å². The quantitative estimate of drug-likeness (QED) is 0.127. The fraction of sp³-hybridized carbons (Fsp3) is 0.115. The number of nitro benzene ring substituents is 1. The number of para-hydroxylation sites is 1. The summed E-state index contributed by atoms with van der Waals surface area (Å²) in [6.45, 7) is 3.52. The van der Waals surface area contributed by atoms with Crippen molar-refractivity contribution in [3.05, 3.63) is 110 Å². The van der Waals surface area contributed by atoms with E-state index in [4.69, 9.17) is 0 Å². The van der Waals surface area contributed by atoms with Crippen LogP contribution in [-0.2, 0) is 6.18 Å². The molecule has 8 nitrogen and oxygen atoms in total. The van der Waals surface area contributed by atoms with Crippen LogP contribution in [0.15, 0.2) is 86.0 Å². The van der Waals surface area contributed by atoms with Gasteiger partial charge in [-0.3, -0.25) is 14.9 Å². The summed E-state index contributed by atoms with van der Waals surface area (Å²) in [6, 6.07) is 14.8. The van der Waals surface area contributed by atoms with Crippen LogP contribution in [0.3, 0.4) is 0 Å². The minimum atomic E-state index is -4.46. The average Bonchev–Trinajstić information content (AvgIpc) is 3.43. The molecule has 3 aromatic heterocycles. The number of aryl methyl sites for hydroxylation is 1. The van der Waals surface area contributed by atoms with E-state index in [0.717, 1.165) is 16.8 Å². The summed E-state index contributed by atoms with van der Waals surface area (Å²) in [5, 5.41) is 15.9. The van der Waals surface area contributed by atoms with Gasteiger partial charge in [-0.15, -0.1) is 11.3 Å². The molecule has 0 unspecified atom stereocenters. The van der Waals surface area contributed by atoms with Crippen molar-refractivity contribution >= 4 is 45.2 Å². The largest absolute Gasteiger partial charge is 0.416 e. The van der Waals surface area contributed by atoms with Gasteiger partial charge in [0.25, 0.3) is 11.2 Å². The Labute approximate surface area is 227 Å². The van der Waals surface area contributed by atoms with E-state index in [0.29, 0.717) is 42.0 Å². The van der Waals surface area contributed by atoms with Crippen molar-refractivity contribution in [2.75, 3.05) is 0 Å². The SMILES string of the molecule is Cc1cc(C=Nn2cnc3sc(Sc4ccccc4[N+](=O)[O-])cc3c2=O)c(C)n1-c1cccc(C(F)(F)F)c1. The molecule has 0 atom stereocenters. The second kappa shape index (κ2) is 10.2. The van der Waals surface area contributed by atoms with E-state index in [1.807, 2.05) is 0 Å². The lowest BCUT2D eigenvalue weighted by Gasteiger charge is -2.13. The van der Waals surface area contributed by atoms with Gasteiger partial charge in [0.1, 0.15) is 11.2 Å². The second-order valence-corrected chi connectivity index (χ2v) is 10.8. The molecule has 5 aromatic rings. The maximum Gasteiger partial charge on any atom is 0.416 e. The Morgan fingerprint density at radius 1 is 1.10 bits per heavy atom. The van der Waals surface area contributed by atoms with Gasteiger partial charge in [0.05, 0.1) is 31.2 Å². The van der Waals surface area contributed by atoms with Gasteiger partial charge in [-0.05, 0) is 50.2 Å². The molecule has 0 N–H and O–H groups in total. The molecule has 39 heavy (non-hydrogen) atoms. The Morgan fingerprint density at radius 2 is 1.87 bits per heavy atom. The number of hydrogen-bond donors (Lipinski definition) is 0. The molecule has 3 heterocycles. The molecular formula is C26H18F3N5O3S2. The maximum absolute atomic E-state index is 13.2. The third-order valence-electron chi connectivity index (χ3n) is 5.91. The number of rotatable bonds is 6. The zero-order valence-corrected chi connectivity index (χ0v) is 22.0. The van der Waals surface area contributed by atoms with E-state index in [1.165, 1.54) is 47.8 Å². The molecule has 13 heteroatoms. The number of nitro groups is 1. The highest BCUT2D eigenvalue weighted by Gasteiger charge is 2.30. The first-order valence-electron chi connectivity index (χ1n) is 11.4. The number of fused-ring (bicyclic) bond motifs is 1. The molecule has 0 spiro atoms. The predicted octanol–water partition coefficient (Wildman–Crippen LogP) is 6.83. The number of thiophene rings is 1. The van der Waals surface area contributed by atoms with Gasteiger partial charge >= 0.3 is 6.18 Å². The average molecular weight is 570 g/mol. The Balaban J connectivity index is 1.45. The number of nitrogens with zero attached hydrogens (tertiary/aromatic N) is 5. The summed E-state index contributed by atoms with van der Waals surface area (Å²) < 4.78 is 43.1. The van der Waals surface area contributed by atoms with Crippen LogP contribution in [0.25, 0.3) is 15.9 Å². The summed E-state index contributed by atoms with van der Waals surface area (Å²) >= 11 is 2.42. The Hall–Kier alpha value is -4.23. The van der Waals surface area contributed by atoms with Crippen LogP contribution >= 0.6 is 23.1 Å². The van der Waals surface area contributed by atoms with Gasteiger partial charge in [0.2, 0.25) is 0 Å². The normalized spacial score (nSPS) is 12.0. The minimum absolute atomic E-state index is 0.0299.